The van der Waals surface area contributed by atoms with Crippen LogP contribution in [0.3, 0.4) is 0 Å². The van der Waals surface area contributed by atoms with Crippen LogP contribution >= 0.6 is 0 Å². The lowest BCUT2D eigenvalue weighted by molar-refractivity contribution is 0.312. The number of nitrogens with zero attached hydrogens (tertiary/aromatic N) is 6. The van der Waals surface area contributed by atoms with Crippen molar-refractivity contribution in [1.82, 2.24) is 30.0 Å². The predicted molar refractivity (Wildman–Crippen MR) is 107 cm³/mol. The number of H-pyrrole nitrogens is 1. The molecule has 1 aliphatic rings. The van der Waals surface area contributed by atoms with E-state index in [0.717, 1.165) is 43.0 Å². The van der Waals surface area contributed by atoms with E-state index in [0.29, 0.717) is 17.4 Å². The number of nitrogens with one attached hydrogen (secondary N) is 2. The maximum atomic E-state index is 13.1. The Labute approximate surface area is 165 Å². The summed E-state index contributed by atoms with van der Waals surface area (Å²) in [7, 11) is 2.12. The summed E-state index contributed by atoms with van der Waals surface area (Å²) in [4.78, 5) is 16.8. The third kappa shape index (κ3) is 3.61. The predicted octanol–water partition coefficient (Wildman–Crippen LogP) is 2.64. The molecule has 1 aliphatic heterocycles. The largest absolute Gasteiger partial charge is 0.403 e. The summed E-state index contributed by atoms with van der Waals surface area (Å²) in [5.74, 6) is 1.38. The van der Waals surface area contributed by atoms with Gasteiger partial charge in [-0.1, -0.05) is 5.10 Å². The summed E-state index contributed by atoms with van der Waals surface area (Å²) < 4.78 is 18.7. The first-order chi connectivity index (χ1) is 14.1. The van der Waals surface area contributed by atoms with Crippen LogP contribution in [0.5, 0.6) is 0 Å². The smallest absolute Gasteiger partial charge is 0.322 e. The molecule has 0 saturated carbocycles. The third-order valence-corrected chi connectivity index (χ3v) is 4.92. The van der Waals surface area contributed by atoms with Gasteiger partial charge < -0.3 is 19.2 Å². The van der Waals surface area contributed by atoms with Crippen LogP contribution in [0.15, 0.2) is 40.9 Å². The molecule has 0 unspecified atom stereocenters. The van der Waals surface area contributed by atoms with Gasteiger partial charge in [0.2, 0.25) is 11.8 Å². The van der Waals surface area contributed by atoms with Crippen LogP contribution in [-0.4, -0.2) is 63.3 Å². The molecule has 0 amide bonds. The zero-order valence-corrected chi connectivity index (χ0v) is 15.8. The Morgan fingerprint density at radius 2 is 1.90 bits per heavy atom. The molecule has 3 aromatic heterocycles. The molecule has 9 nitrogen and oxygen atoms in total. The number of likely N-dealkylation sites (N-methyl/N-ethyl adjacent to an activating group) is 1. The van der Waals surface area contributed by atoms with Crippen LogP contribution < -0.4 is 10.2 Å². The number of rotatable bonds is 4. The number of pyridine rings is 1. The topological polar surface area (TPSA) is 99.0 Å². The van der Waals surface area contributed by atoms with Crippen LogP contribution in [0.4, 0.5) is 22.2 Å². The van der Waals surface area contributed by atoms with Crippen molar-refractivity contribution in [2.75, 3.05) is 43.4 Å². The molecule has 0 atom stereocenters. The zero-order chi connectivity index (χ0) is 19.8. The molecule has 29 heavy (non-hydrogen) atoms. The van der Waals surface area contributed by atoms with E-state index in [2.05, 4.69) is 47.3 Å². The van der Waals surface area contributed by atoms with Crippen molar-refractivity contribution >= 4 is 28.8 Å². The molecule has 5 rings (SSSR count). The summed E-state index contributed by atoms with van der Waals surface area (Å²) in [6.45, 7) is 3.93. The Balaban J connectivity index is 1.34. The molecule has 0 bridgehead atoms. The van der Waals surface area contributed by atoms with Crippen molar-refractivity contribution in [3.05, 3.63) is 42.3 Å². The fourth-order valence-electron chi connectivity index (χ4n) is 3.25. The summed E-state index contributed by atoms with van der Waals surface area (Å²) in [6, 6.07) is 8.04. The number of halogens is 1. The minimum atomic E-state index is -0.321. The number of anilines is 3. The number of piperazine rings is 1. The van der Waals surface area contributed by atoms with Crippen molar-refractivity contribution < 1.29 is 8.81 Å². The van der Waals surface area contributed by atoms with Gasteiger partial charge in [-0.05, 0) is 31.3 Å². The SMILES string of the molecule is CN1CCN(c2cc3[nH]c(Nc4nnc(-c5ccc(F)cc5)o4)nc3cn2)CC1. The number of aromatic amines is 1. The first kappa shape index (κ1) is 17.6. The minimum absolute atomic E-state index is 0.190. The summed E-state index contributed by atoms with van der Waals surface area (Å²) in [5.41, 5.74) is 2.25. The maximum Gasteiger partial charge on any atom is 0.322 e. The molecule has 0 spiro atoms. The molecule has 4 aromatic rings. The molecule has 4 heterocycles. The van der Waals surface area contributed by atoms with E-state index >= 15 is 0 Å². The lowest BCUT2D eigenvalue weighted by Crippen LogP contribution is -2.44. The van der Waals surface area contributed by atoms with Gasteiger partial charge in [-0.15, -0.1) is 5.10 Å². The second-order valence-corrected chi connectivity index (χ2v) is 6.98. The second-order valence-electron chi connectivity index (χ2n) is 6.98. The van der Waals surface area contributed by atoms with E-state index in [9.17, 15) is 4.39 Å². The summed E-state index contributed by atoms with van der Waals surface area (Å²) in [5, 5.41) is 10.9. The first-order valence-electron chi connectivity index (χ1n) is 9.30. The van der Waals surface area contributed by atoms with Crippen LogP contribution in [0.25, 0.3) is 22.5 Å². The highest BCUT2D eigenvalue weighted by Gasteiger charge is 2.17. The fourth-order valence-corrected chi connectivity index (χ4v) is 3.25. The van der Waals surface area contributed by atoms with Crippen LogP contribution in [0.2, 0.25) is 0 Å². The fraction of sp³-hybridized carbons (Fsp3) is 0.263. The third-order valence-electron chi connectivity index (χ3n) is 4.92. The van der Waals surface area contributed by atoms with Gasteiger partial charge in [0.1, 0.15) is 17.2 Å². The minimum Gasteiger partial charge on any atom is -0.403 e. The maximum absolute atomic E-state index is 13.1. The van der Waals surface area contributed by atoms with Gasteiger partial charge in [-0.3, -0.25) is 5.32 Å². The van der Waals surface area contributed by atoms with Crippen LogP contribution in [0.1, 0.15) is 0 Å². The molecule has 148 valence electrons. The van der Waals surface area contributed by atoms with Crippen molar-refractivity contribution in [3.63, 3.8) is 0 Å². The van der Waals surface area contributed by atoms with Gasteiger partial charge >= 0.3 is 6.01 Å². The van der Waals surface area contributed by atoms with E-state index in [1.807, 2.05) is 6.07 Å². The van der Waals surface area contributed by atoms with Crippen molar-refractivity contribution in [3.8, 4) is 11.5 Å². The first-order valence-corrected chi connectivity index (χ1v) is 9.30. The molecule has 1 saturated heterocycles. The van der Waals surface area contributed by atoms with Gasteiger partial charge in [0.05, 0.1) is 11.7 Å². The highest BCUT2D eigenvalue weighted by atomic mass is 19.1. The average Bonchev–Trinajstić information content (AvgIpc) is 3.35. The standard InChI is InChI=1S/C19H19FN8O/c1-27-6-8-28(9-7-27)16-10-14-15(11-21-16)23-18(22-14)24-19-26-25-17(29-19)12-2-4-13(20)5-3-12/h2-5,10-11H,6-9H2,1H3,(H2,22,23,24,26). The van der Waals surface area contributed by atoms with Gasteiger partial charge in [-0.2, -0.15) is 0 Å². The van der Waals surface area contributed by atoms with E-state index in [4.69, 9.17) is 4.42 Å². The number of fused-ring (bicyclic) bond motifs is 1. The van der Waals surface area contributed by atoms with Crippen LogP contribution in [-0.2, 0) is 0 Å². The molecule has 1 aromatic carbocycles. The van der Waals surface area contributed by atoms with Gasteiger partial charge in [0.15, 0.2) is 0 Å². The van der Waals surface area contributed by atoms with Crippen LogP contribution in [0, 0.1) is 5.82 Å². The number of benzene rings is 1. The van der Waals surface area contributed by atoms with Crippen molar-refractivity contribution in [2.45, 2.75) is 0 Å². The Morgan fingerprint density at radius 1 is 1.10 bits per heavy atom. The lowest BCUT2D eigenvalue weighted by Gasteiger charge is -2.33. The van der Waals surface area contributed by atoms with Crippen molar-refractivity contribution in [1.29, 1.82) is 0 Å². The van der Waals surface area contributed by atoms with E-state index in [-0.39, 0.29) is 11.8 Å². The summed E-state index contributed by atoms with van der Waals surface area (Å²) in [6.07, 6.45) is 1.75. The lowest BCUT2D eigenvalue weighted by atomic mass is 10.2. The highest BCUT2D eigenvalue weighted by molar-refractivity contribution is 5.79. The quantitative estimate of drug-likeness (QED) is 0.545. The Kier molecular flexibility index (Phi) is 4.32. The van der Waals surface area contributed by atoms with E-state index in [1.165, 1.54) is 12.1 Å². The average molecular weight is 394 g/mol. The normalized spacial score (nSPS) is 15.2. The van der Waals surface area contributed by atoms with E-state index < -0.39 is 0 Å². The van der Waals surface area contributed by atoms with Crippen molar-refractivity contribution in [2.24, 2.45) is 0 Å². The molecular weight excluding hydrogens is 375 g/mol. The molecular formula is C19H19FN8O. The number of imidazole rings is 1. The Hall–Kier alpha value is -3.53. The number of hydrogen-bond donors (Lipinski definition) is 2. The van der Waals surface area contributed by atoms with Gasteiger partial charge in [0.25, 0.3) is 0 Å². The monoisotopic (exact) mass is 394 g/mol. The summed E-state index contributed by atoms with van der Waals surface area (Å²) >= 11 is 0. The zero-order valence-electron chi connectivity index (χ0n) is 15.8. The Morgan fingerprint density at radius 3 is 2.69 bits per heavy atom. The van der Waals surface area contributed by atoms with E-state index in [1.54, 1.807) is 18.3 Å². The second kappa shape index (κ2) is 7.13. The molecule has 0 radical (unpaired) electrons. The highest BCUT2D eigenvalue weighted by Crippen LogP contribution is 2.24. The molecule has 0 aliphatic carbocycles. The molecule has 1 fully saturated rings. The Bertz CT molecular complexity index is 1130. The van der Waals surface area contributed by atoms with Gasteiger partial charge in [-0.25, -0.2) is 14.4 Å². The van der Waals surface area contributed by atoms with Gasteiger partial charge in [0, 0.05) is 37.8 Å². The molecule has 10 heteroatoms. The number of aromatic nitrogens is 5. The molecule has 2 N–H and O–H groups in total. The number of hydrogen-bond acceptors (Lipinski definition) is 8.